The smallest absolute Gasteiger partial charge is 0.231 e. The standard InChI is InChI=1S/C17H15ClN2O2/c1-10-3-6-15-19-16(17(11(2)18)20(15)8-10)12-4-5-13-14(7-12)22-9-21-13/h3-8,11H,9H2,1-2H3. The SMILES string of the molecule is Cc1ccc2nc(-c3ccc4c(c3)OCO4)c(C(C)Cl)n2c1. The van der Waals surface area contributed by atoms with Gasteiger partial charge in [0.15, 0.2) is 11.5 Å². The normalized spacial score (nSPS) is 14.5. The molecule has 0 saturated heterocycles. The summed E-state index contributed by atoms with van der Waals surface area (Å²) in [6.07, 6.45) is 2.06. The Morgan fingerprint density at radius 1 is 1.18 bits per heavy atom. The van der Waals surface area contributed by atoms with Crippen molar-refractivity contribution in [2.75, 3.05) is 6.79 Å². The van der Waals surface area contributed by atoms with E-state index in [4.69, 9.17) is 26.1 Å². The first-order chi connectivity index (χ1) is 10.6. The van der Waals surface area contributed by atoms with Crippen LogP contribution in [0.15, 0.2) is 36.5 Å². The summed E-state index contributed by atoms with van der Waals surface area (Å²) < 4.78 is 12.9. The van der Waals surface area contributed by atoms with Gasteiger partial charge in [-0.1, -0.05) is 6.07 Å². The minimum atomic E-state index is -0.155. The van der Waals surface area contributed by atoms with Crippen LogP contribution in [-0.4, -0.2) is 16.2 Å². The summed E-state index contributed by atoms with van der Waals surface area (Å²) in [5.74, 6) is 1.52. The lowest BCUT2D eigenvalue weighted by Gasteiger charge is -2.08. The van der Waals surface area contributed by atoms with Gasteiger partial charge in [-0.15, -0.1) is 11.6 Å². The highest BCUT2D eigenvalue weighted by Gasteiger charge is 2.21. The molecule has 1 unspecified atom stereocenters. The average Bonchev–Trinajstić information content (AvgIpc) is 3.09. The van der Waals surface area contributed by atoms with Crippen LogP contribution in [0.3, 0.4) is 0 Å². The number of aryl methyl sites for hydroxylation is 1. The van der Waals surface area contributed by atoms with Gasteiger partial charge in [0, 0.05) is 11.8 Å². The monoisotopic (exact) mass is 314 g/mol. The first kappa shape index (κ1) is 13.5. The Labute approximate surface area is 133 Å². The van der Waals surface area contributed by atoms with Crippen molar-refractivity contribution in [1.29, 1.82) is 0 Å². The number of pyridine rings is 1. The fourth-order valence-electron chi connectivity index (χ4n) is 2.81. The number of benzene rings is 1. The van der Waals surface area contributed by atoms with Crippen LogP contribution in [0.4, 0.5) is 0 Å². The van der Waals surface area contributed by atoms with E-state index in [-0.39, 0.29) is 12.2 Å². The number of rotatable bonds is 2. The Hall–Kier alpha value is -2.20. The number of alkyl halides is 1. The van der Waals surface area contributed by atoms with Crippen LogP contribution in [0.2, 0.25) is 0 Å². The molecule has 0 spiro atoms. The molecule has 3 heterocycles. The molecule has 0 bridgehead atoms. The van der Waals surface area contributed by atoms with E-state index >= 15 is 0 Å². The molecule has 3 aromatic rings. The third-order valence-electron chi connectivity index (χ3n) is 3.83. The van der Waals surface area contributed by atoms with E-state index in [1.54, 1.807) is 0 Å². The van der Waals surface area contributed by atoms with Gasteiger partial charge < -0.3 is 13.9 Å². The zero-order valence-electron chi connectivity index (χ0n) is 12.3. The van der Waals surface area contributed by atoms with Gasteiger partial charge in [-0.2, -0.15) is 0 Å². The lowest BCUT2D eigenvalue weighted by Crippen LogP contribution is -1.96. The molecule has 1 aromatic carbocycles. The van der Waals surface area contributed by atoms with E-state index < -0.39 is 0 Å². The van der Waals surface area contributed by atoms with Crippen LogP contribution in [0.5, 0.6) is 11.5 Å². The summed E-state index contributed by atoms with van der Waals surface area (Å²) in [6, 6.07) is 9.92. The van der Waals surface area contributed by atoms with Gasteiger partial charge in [0.1, 0.15) is 5.65 Å². The van der Waals surface area contributed by atoms with Gasteiger partial charge >= 0.3 is 0 Å². The molecule has 0 N–H and O–H groups in total. The van der Waals surface area contributed by atoms with Crippen molar-refractivity contribution in [3.63, 3.8) is 0 Å². The Morgan fingerprint density at radius 2 is 2.00 bits per heavy atom. The van der Waals surface area contributed by atoms with Crippen LogP contribution < -0.4 is 9.47 Å². The minimum Gasteiger partial charge on any atom is -0.454 e. The summed E-state index contributed by atoms with van der Waals surface area (Å²) in [5.41, 5.74) is 4.90. The van der Waals surface area contributed by atoms with E-state index in [0.717, 1.165) is 34.1 Å². The summed E-state index contributed by atoms with van der Waals surface area (Å²) in [4.78, 5) is 4.75. The highest BCUT2D eigenvalue weighted by Crippen LogP contribution is 2.38. The van der Waals surface area contributed by atoms with Gasteiger partial charge in [0.2, 0.25) is 6.79 Å². The number of aromatic nitrogens is 2. The molecular formula is C17H15ClN2O2. The Balaban J connectivity index is 1.96. The first-order valence-electron chi connectivity index (χ1n) is 7.16. The second kappa shape index (κ2) is 4.92. The highest BCUT2D eigenvalue weighted by atomic mass is 35.5. The van der Waals surface area contributed by atoms with E-state index in [2.05, 4.69) is 23.6 Å². The molecule has 0 radical (unpaired) electrons. The predicted octanol–water partition coefficient (Wildman–Crippen LogP) is 4.34. The summed E-state index contributed by atoms with van der Waals surface area (Å²) in [6.45, 7) is 4.29. The zero-order valence-corrected chi connectivity index (χ0v) is 13.1. The molecule has 1 aliphatic rings. The quantitative estimate of drug-likeness (QED) is 0.660. The molecule has 0 amide bonds. The number of ether oxygens (including phenoxy) is 2. The maximum atomic E-state index is 6.43. The van der Waals surface area contributed by atoms with Gasteiger partial charge in [-0.05, 0) is 43.7 Å². The molecule has 4 rings (SSSR count). The molecule has 112 valence electrons. The fourth-order valence-corrected chi connectivity index (χ4v) is 3.01. The lowest BCUT2D eigenvalue weighted by molar-refractivity contribution is 0.174. The summed E-state index contributed by atoms with van der Waals surface area (Å²) in [5, 5.41) is -0.155. The third-order valence-corrected chi connectivity index (χ3v) is 4.03. The average molecular weight is 315 g/mol. The van der Waals surface area contributed by atoms with Crippen molar-refractivity contribution in [2.45, 2.75) is 19.2 Å². The van der Waals surface area contributed by atoms with Crippen molar-refractivity contribution in [1.82, 2.24) is 9.38 Å². The molecule has 2 aromatic heterocycles. The van der Waals surface area contributed by atoms with Gasteiger partial charge in [-0.3, -0.25) is 0 Å². The van der Waals surface area contributed by atoms with Crippen LogP contribution in [-0.2, 0) is 0 Å². The minimum absolute atomic E-state index is 0.155. The maximum Gasteiger partial charge on any atom is 0.231 e. The zero-order chi connectivity index (χ0) is 15.3. The summed E-state index contributed by atoms with van der Waals surface area (Å²) >= 11 is 6.43. The topological polar surface area (TPSA) is 35.8 Å². The number of hydrogen-bond donors (Lipinski definition) is 0. The van der Waals surface area contributed by atoms with Crippen molar-refractivity contribution >= 4 is 17.2 Å². The first-order valence-corrected chi connectivity index (χ1v) is 7.60. The fraction of sp³-hybridized carbons (Fsp3) is 0.235. The second-order valence-corrected chi connectivity index (χ2v) is 6.12. The van der Waals surface area contributed by atoms with Gasteiger partial charge in [0.05, 0.1) is 16.8 Å². The van der Waals surface area contributed by atoms with E-state index in [0.29, 0.717) is 0 Å². The Morgan fingerprint density at radius 3 is 2.82 bits per heavy atom. The van der Waals surface area contributed by atoms with E-state index in [9.17, 15) is 0 Å². The number of imidazole rings is 1. The van der Waals surface area contributed by atoms with E-state index in [1.807, 2.05) is 31.2 Å². The maximum absolute atomic E-state index is 6.43. The van der Waals surface area contributed by atoms with Crippen molar-refractivity contribution in [2.24, 2.45) is 0 Å². The number of hydrogen-bond acceptors (Lipinski definition) is 3. The Bertz CT molecular complexity index is 870. The predicted molar refractivity (Wildman–Crippen MR) is 85.8 cm³/mol. The number of nitrogens with zero attached hydrogens (tertiary/aromatic N) is 2. The highest BCUT2D eigenvalue weighted by molar-refractivity contribution is 6.20. The van der Waals surface area contributed by atoms with Crippen LogP contribution in [0, 0.1) is 6.92 Å². The molecule has 0 aliphatic carbocycles. The van der Waals surface area contributed by atoms with Gasteiger partial charge in [0.25, 0.3) is 0 Å². The molecular weight excluding hydrogens is 300 g/mol. The molecule has 1 aliphatic heterocycles. The molecule has 1 atom stereocenters. The molecule has 0 fully saturated rings. The van der Waals surface area contributed by atoms with Crippen LogP contribution in [0.25, 0.3) is 16.9 Å². The molecule has 22 heavy (non-hydrogen) atoms. The number of fused-ring (bicyclic) bond motifs is 2. The number of halogens is 1. The van der Waals surface area contributed by atoms with Crippen molar-refractivity contribution in [3.05, 3.63) is 47.8 Å². The van der Waals surface area contributed by atoms with Crippen LogP contribution in [0.1, 0.15) is 23.6 Å². The summed E-state index contributed by atoms with van der Waals surface area (Å²) in [7, 11) is 0. The molecule has 0 saturated carbocycles. The second-order valence-electron chi connectivity index (χ2n) is 5.46. The third kappa shape index (κ3) is 2.03. The van der Waals surface area contributed by atoms with Crippen molar-refractivity contribution < 1.29 is 9.47 Å². The van der Waals surface area contributed by atoms with Crippen molar-refractivity contribution in [3.8, 4) is 22.8 Å². The van der Waals surface area contributed by atoms with Gasteiger partial charge in [-0.25, -0.2) is 4.98 Å². The van der Waals surface area contributed by atoms with Crippen LogP contribution >= 0.6 is 11.6 Å². The molecule has 4 nitrogen and oxygen atoms in total. The molecule has 5 heteroatoms. The largest absolute Gasteiger partial charge is 0.454 e. The Kier molecular flexibility index (Phi) is 3.01. The lowest BCUT2D eigenvalue weighted by atomic mass is 10.1. The van der Waals surface area contributed by atoms with E-state index in [1.165, 1.54) is 5.56 Å².